The molecular formula is C15H21N5O. The number of rotatable bonds is 6. The molecule has 0 aromatic carbocycles. The monoisotopic (exact) mass is 287 g/mol. The molecule has 0 aliphatic rings. The highest BCUT2D eigenvalue weighted by Crippen LogP contribution is 2.07. The fourth-order valence-electron chi connectivity index (χ4n) is 1.90. The molecule has 2 N–H and O–H groups in total. The molecule has 0 radical (unpaired) electrons. The number of aromatic nitrogens is 3. The highest BCUT2D eigenvalue weighted by molar-refractivity contribution is 5.92. The van der Waals surface area contributed by atoms with Crippen molar-refractivity contribution in [3.05, 3.63) is 41.3 Å². The van der Waals surface area contributed by atoms with E-state index in [-0.39, 0.29) is 5.91 Å². The van der Waals surface area contributed by atoms with E-state index in [0.717, 1.165) is 30.0 Å². The van der Waals surface area contributed by atoms with Crippen LogP contribution in [0.3, 0.4) is 0 Å². The minimum absolute atomic E-state index is 0.182. The van der Waals surface area contributed by atoms with Gasteiger partial charge in [-0.05, 0) is 25.5 Å². The highest BCUT2D eigenvalue weighted by Gasteiger charge is 2.10. The molecule has 2 rings (SSSR count). The first-order valence-corrected chi connectivity index (χ1v) is 7.08. The number of nitrogens with one attached hydrogen (secondary N) is 2. The first-order chi connectivity index (χ1) is 10.1. The van der Waals surface area contributed by atoms with Crippen LogP contribution in [-0.2, 0) is 13.6 Å². The Hall–Kier alpha value is -2.37. The van der Waals surface area contributed by atoms with Crippen molar-refractivity contribution in [3.63, 3.8) is 0 Å². The molecule has 6 heteroatoms. The third kappa shape index (κ3) is 3.81. The van der Waals surface area contributed by atoms with Gasteiger partial charge >= 0.3 is 0 Å². The van der Waals surface area contributed by atoms with E-state index in [2.05, 4.69) is 27.6 Å². The van der Waals surface area contributed by atoms with E-state index in [1.54, 1.807) is 16.9 Å². The number of nitrogens with zero attached hydrogens (tertiary/aromatic N) is 3. The van der Waals surface area contributed by atoms with Crippen LogP contribution >= 0.6 is 0 Å². The van der Waals surface area contributed by atoms with Gasteiger partial charge in [0.1, 0.15) is 11.5 Å². The molecule has 112 valence electrons. The Balaban J connectivity index is 1.98. The highest BCUT2D eigenvalue weighted by atomic mass is 16.1. The van der Waals surface area contributed by atoms with Crippen LogP contribution in [-0.4, -0.2) is 27.2 Å². The van der Waals surface area contributed by atoms with Crippen molar-refractivity contribution < 1.29 is 4.79 Å². The molecule has 6 nitrogen and oxygen atoms in total. The molecule has 0 saturated carbocycles. The smallest absolute Gasteiger partial charge is 0.270 e. The molecule has 0 spiro atoms. The molecule has 2 aromatic heterocycles. The molecule has 0 unspecified atom stereocenters. The molecule has 0 atom stereocenters. The second-order valence-corrected chi connectivity index (χ2v) is 4.90. The summed E-state index contributed by atoms with van der Waals surface area (Å²) in [6.07, 6.45) is 2.78. The molecule has 21 heavy (non-hydrogen) atoms. The molecule has 0 bridgehead atoms. The summed E-state index contributed by atoms with van der Waals surface area (Å²) in [5.41, 5.74) is 2.46. The van der Waals surface area contributed by atoms with E-state index >= 15 is 0 Å². The van der Waals surface area contributed by atoms with Crippen LogP contribution in [0.4, 0.5) is 5.82 Å². The van der Waals surface area contributed by atoms with E-state index in [1.807, 2.05) is 26.1 Å². The minimum Gasteiger partial charge on any atom is -0.370 e. The minimum atomic E-state index is -0.182. The van der Waals surface area contributed by atoms with Crippen molar-refractivity contribution in [2.24, 2.45) is 7.05 Å². The molecular weight excluding hydrogens is 266 g/mol. The number of carbonyl (C=O) groups is 1. The number of carbonyl (C=O) groups excluding carboxylic acids is 1. The van der Waals surface area contributed by atoms with Gasteiger partial charge < -0.3 is 10.6 Å². The Morgan fingerprint density at radius 2 is 2.19 bits per heavy atom. The van der Waals surface area contributed by atoms with E-state index in [1.165, 1.54) is 0 Å². The summed E-state index contributed by atoms with van der Waals surface area (Å²) >= 11 is 0. The molecule has 0 aliphatic heterocycles. The second-order valence-electron chi connectivity index (χ2n) is 4.90. The molecule has 0 aliphatic carbocycles. The predicted molar refractivity (Wildman–Crippen MR) is 82.1 cm³/mol. The van der Waals surface area contributed by atoms with Gasteiger partial charge in [-0.15, -0.1) is 0 Å². The summed E-state index contributed by atoms with van der Waals surface area (Å²) in [7, 11) is 1.88. The number of anilines is 1. The maximum atomic E-state index is 12.1. The largest absolute Gasteiger partial charge is 0.370 e. The van der Waals surface area contributed by atoms with Crippen LogP contribution in [0.1, 0.15) is 35.1 Å². The van der Waals surface area contributed by atoms with E-state index in [9.17, 15) is 4.79 Å². The number of hydrogen-bond donors (Lipinski definition) is 2. The Kier molecular flexibility index (Phi) is 4.92. The lowest BCUT2D eigenvalue weighted by Gasteiger charge is -2.07. The van der Waals surface area contributed by atoms with Gasteiger partial charge in [0.25, 0.3) is 5.91 Å². The van der Waals surface area contributed by atoms with Crippen LogP contribution in [0.2, 0.25) is 0 Å². The quantitative estimate of drug-likeness (QED) is 0.851. The summed E-state index contributed by atoms with van der Waals surface area (Å²) in [6, 6.07) is 5.40. The van der Waals surface area contributed by atoms with Gasteiger partial charge in [-0.2, -0.15) is 5.10 Å². The number of hydrogen-bond acceptors (Lipinski definition) is 4. The first kappa shape index (κ1) is 15.0. The fourth-order valence-corrected chi connectivity index (χ4v) is 1.90. The third-order valence-corrected chi connectivity index (χ3v) is 3.31. The normalized spacial score (nSPS) is 10.4. The SMILES string of the molecule is CCCNc1cccc(C(=O)NCc2cnn(C)c2C)n1. The zero-order valence-electron chi connectivity index (χ0n) is 12.7. The average molecular weight is 287 g/mol. The van der Waals surface area contributed by atoms with Crippen molar-refractivity contribution in [3.8, 4) is 0 Å². The predicted octanol–water partition coefficient (Wildman–Crippen LogP) is 1.88. The van der Waals surface area contributed by atoms with Gasteiger partial charge in [-0.3, -0.25) is 9.48 Å². The summed E-state index contributed by atoms with van der Waals surface area (Å²) in [6.45, 7) is 5.35. The fraction of sp³-hybridized carbons (Fsp3) is 0.400. The van der Waals surface area contributed by atoms with Gasteiger partial charge in [0, 0.05) is 31.4 Å². The van der Waals surface area contributed by atoms with Gasteiger partial charge in [-0.25, -0.2) is 4.98 Å². The van der Waals surface area contributed by atoms with E-state index < -0.39 is 0 Å². The standard InChI is InChI=1S/C15H21N5O/c1-4-8-16-14-7-5-6-13(19-14)15(21)17-9-12-10-18-20(3)11(12)2/h5-7,10H,4,8-9H2,1-3H3,(H,16,19)(H,17,21). The van der Waals surface area contributed by atoms with Crippen LogP contribution in [0, 0.1) is 6.92 Å². The van der Waals surface area contributed by atoms with Gasteiger partial charge in [0.15, 0.2) is 0 Å². The second kappa shape index (κ2) is 6.88. The molecule has 2 aromatic rings. The summed E-state index contributed by atoms with van der Waals surface area (Å²) in [5, 5.41) is 10.2. The number of amides is 1. The first-order valence-electron chi connectivity index (χ1n) is 7.08. The lowest BCUT2D eigenvalue weighted by molar-refractivity contribution is 0.0946. The Morgan fingerprint density at radius 1 is 1.38 bits per heavy atom. The van der Waals surface area contributed by atoms with Gasteiger partial charge in [0.2, 0.25) is 0 Å². The molecule has 0 saturated heterocycles. The van der Waals surface area contributed by atoms with E-state index in [0.29, 0.717) is 12.2 Å². The van der Waals surface area contributed by atoms with Gasteiger partial charge in [0.05, 0.1) is 6.20 Å². The van der Waals surface area contributed by atoms with Crippen molar-refractivity contribution in [2.45, 2.75) is 26.8 Å². The average Bonchev–Trinajstić information content (AvgIpc) is 2.82. The maximum absolute atomic E-state index is 12.1. The van der Waals surface area contributed by atoms with Crippen LogP contribution in [0.25, 0.3) is 0 Å². The maximum Gasteiger partial charge on any atom is 0.270 e. The summed E-state index contributed by atoms with van der Waals surface area (Å²) in [5.74, 6) is 0.542. The molecule has 2 heterocycles. The van der Waals surface area contributed by atoms with Crippen molar-refractivity contribution in [1.29, 1.82) is 0 Å². The lowest BCUT2D eigenvalue weighted by Crippen LogP contribution is -2.24. The summed E-state index contributed by atoms with van der Waals surface area (Å²) < 4.78 is 1.79. The topological polar surface area (TPSA) is 71.8 Å². The Morgan fingerprint density at radius 3 is 2.86 bits per heavy atom. The van der Waals surface area contributed by atoms with Gasteiger partial charge in [-0.1, -0.05) is 13.0 Å². The van der Waals surface area contributed by atoms with Crippen molar-refractivity contribution >= 4 is 11.7 Å². The van der Waals surface area contributed by atoms with E-state index in [4.69, 9.17) is 0 Å². The zero-order valence-corrected chi connectivity index (χ0v) is 12.7. The Labute approximate surface area is 124 Å². The Bertz CT molecular complexity index is 620. The summed E-state index contributed by atoms with van der Waals surface area (Å²) in [4.78, 5) is 16.4. The number of pyridine rings is 1. The van der Waals surface area contributed by atoms with Crippen LogP contribution in [0.5, 0.6) is 0 Å². The van der Waals surface area contributed by atoms with Crippen molar-refractivity contribution in [2.75, 3.05) is 11.9 Å². The van der Waals surface area contributed by atoms with Crippen molar-refractivity contribution in [1.82, 2.24) is 20.1 Å². The third-order valence-electron chi connectivity index (χ3n) is 3.31. The van der Waals surface area contributed by atoms with Crippen LogP contribution < -0.4 is 10.6 Å². The molecule has 1 amide bonds. The molecule has 0 fully saturated rings. The van der Waals surface area contributed by atoms with Crippen LogP contribution in [0.15, 0.2) is 24.4 Å². The zero-order chi connectivity index (χ0) is 15.2. The number of aryl methyl sites for hydroxylation is 1. The lowest BCUT2D eigenvalue weighted by atomic mass is 10.2.